The van der Waals surface area contributed by atoms with Crippen LogP contribution in [0.2, 0.25) is 0 Å². The van der Waals surface area contributed by atoms with Gasteiger partial charge in [0, 0.05) is 31.6 Å². The van der Waals surface area contributed by atoms with Gasteiger partial charge in [0.2, 0.25) is 11.8 Å². The van der Waals surface area contributed by atoms with Gasteiger partial charge >= 0.3 is 0 Å². The lowest BCUT2D eigenvalue weighted by molar-refractivity contribution is -0.136. The maximum atomic E-state index is 12.9. The molecule has 7 nitrogen and oxygen atoms in total. The fourth-order valence-corrected chi connectivity index (χ4v) is 4.39. The highest BCUT2D eigenvalue weighted by atomic mass is 16.2. The Hall–Kier alpha value is -2.25. The molecule has 4 rings (SSSR count). The second kappa shape index (κ2) is 7.40. The molecule has 0 saturated carbocycles. The summed E-state index contributed by atoms with van der Waals surface area (Å²) in [6, 6.07) is 5.49. The molecule has 1 aromatic rings. The third-order valence-electron chi connectivity index (χ3n) is 5.78. The summed E-state index contributed by atoms with van der Waals surface area (Å²) in [6.07, 6.45) is 1.89. The Labute approximate surface area is 159 Å². The number of benzene rings is 1. The molecule has 3 aliphatic heterocycles. The molecule has 2 N–H and O–H groups in total. The lowest BCUT2D eigenvalue weighted by atomic mass is 10.0. The maximum absolute atomic E-state index is 12.9. The number of rotatable bonds is 5. The topological polar surface area (TPSA) is 81.8 Å². The summed E-state index contributed by atoms with van der Waals surface area (Å²) in [5.41, 5.74) is 2.75. The summed E-state index contributed by atoms with van der Waals surface area (Å²) in [5.74, 6) is -0.0428. The van der Waals surface area contributed by atoms with Gasteiger partial charge in [0.15, 0.2) is 0 Å². The molecule has 3 aliphatic rings. The molecule has 1 unspecified atom stereocenters. The Kier molecular flexibility index (Phi) is 4.97. The minimum absolute atomic E-state index is 0.107. The first-order valence-electron chi connectivity index (χ1n) is 9.67. The monoisotopic (exact) mass is 370 g/mol. The van der Waals surface area contributed by atoms with Crippen LogP contribution in [0.4, 0.5) is 0 Å². The first kappa shape index (κ1) is 18.1. The molecular formula is C20H26N4O3. The van der Waals surface area contributed by atoms with E-state index in [0.29, 0.717) is 24.4 Å². The molecule has 27 heavy (non-hydrogen) atoms. The van der Waals surface area contributed by atoms with Gasteiger partial charge in [0.05, 0.1) is 0 Å². The minimum Gasteiger partial charge on any atom is -0.322 e. The average Bonchev–Trinajstić information content (AvgIpc) is 3.24. The van der Waals surface area contributed by atoms with Crippen LogP contribution in [0, 0.1) is 5.92 Å². The molecule has 2 atom stereocenters. The number of amides is 3. The zero-order valence-electron chi connectivity index (χ0n) is 15.7. The number of hydrogen-bond acceptors (Lipinski definition) is 5. The van der Waals surface area contributed by atoms with Gasteiger partial charge in [0.1, 0.15) is 6.04 Å². The Bertz CT molecular complexity index is 772. The van der Waals surface area contributed by atoms with Crippen LogP contribution in [0.25, 0.3) is 0 Å². The number of nitrogens with one attached hydrogen (secondary N) is 2. The minimum atomic E-state index is -0.552. The molecular weight excluding hydrogens is 344 g/mol. The van der Waals surface area contributed by atoms with Crippen LogP contribution in [0.1, 0.15) is 40.7 Å². The van der Waals surface area contributed by atoms with Gasteiger partial charge in [-0.2, -0.15) is 0 Å². The van der Waals surface area contributed by atoms with Crippen molar-refractivity contribution in [3.05, 3.63) is 34.9 Å². The highest BCUT2D eigenvalue weighted by molar-refractivity contribution is 6.05. The van der Waals surface area contributed by atoms with E-state index in [1.807, 2.05) is 12.1 Å². The van der Waals surface area contributed by atoms with Gasteiger partial charge in [-0.1, -0.05) is 12.1 Å². The second-order valence-corrected chi connectivity index (χ2v) is 7.95. The van der Waals surface area contributed by atoms with Crippen LogP contribution in [0.5, 0.6) is 0 Å². The molecule has 0 bridgehead atoms. The summed E-state index contributed by atoms with van der Waals surface area (Å²) in [6.45, 7) is 4.45. The molecule has 0 aromatic heterocycles. The van der Waals surface area contributed by atoms with Crippen molar-refractivity contribution in [3.8, 4) is 0 Å². The van der Waals surface area contributed by atoms with Crippen molar-refractivity contribution >= 4 is 17.7 Å². The summed E-state index contributed by atoms with van der Waals surface area (Å²) in [4.78, 5) is 40.3. The van der Waals surface area contributed by atoms with Gasteiger partial charge < -0.3 is 15.1 Å². The number of carbonyl (C=O) groups is 3. The zero-order valence-corrected chi connectivity index (χ0v) is 15.7. The van der Waals surface area contributed by atoms with E-state index in [4.69, 9.17) is 0 Å². The molecule has 7 heteroatoms. The average molecular weight is 370 g/mol. The molecule has 3 heterocycles. The number of hydrogen-bond donors (Lipinski definition) is 2. The maximum Gasteiger partial charge on any atom is 0.255 e. The second-order valence-electron chi connectivity index (χ2n) is 7.95. The van der Waals surface area contributed by atoms with Crippen LogP contribution in [-0.4, -0.2) is 60.2 Å². The Morgan fingerprint density at radius 2 is 2.07 bits per heavy atom. The summed E-state index contributed by atoms with van der Waals surface area (Å²) in [5, 5.41) is 5.73. The fraction of sp³-hybridized carbons (Fsp3) is 0.550. The van der Waals surface area contributed by atoms with Crippen LogP contribution in [0.3, 0.4) is 0 Å². The van der Waals surface area contributed by atoms with Gasteiger partial charge in [0.25, 0.3) is 5.91 Å². The van der Waals surface area contributed by atoms with Crippen LogP contribution < -0.4 is 10.6 Å². The Morgan fingerprint density at radius 3 is 2.81 bits per heavy atom. The van der Waals surface area contributed by atoms with E-state index in [0.717, 1.165) is 37.3 Å². The van der Waals surface area contributed by atoms with Gasteiger partial charge in [-0.25, -0.2) is 0 Å². The molecule has 3 amide bonds. The molecule has 2 saturated heterocycles. The lowest BCUT2D eigenvalue weighted by Gasteiger charge is -2.29. The molecule has 0 radical (unpaired) electrons. The molecule has 1 aromatic carbocycles. The molecule has 0 spiro atoms. The smallest absolute Gasteiger partial charge is 0.255 e. The molecule has 144 valence electrons. The highest BCUT2D eigenvalue weighted by Crippen LogP contribution is 2.28. The number of fused-ring (bicyclic) bond motifs is 1. The fourth-order valence-electron chi connectivity index (χ4n) is 4.39. The van der Waals surface area contributed by atoms with Gasteiger partial charge in [-0.05, 0) is 56.1 Å². The van der Waals surface area contributed by atoms with E-state index in [2.05, 4.69) is 28.6 Å². The predicted molar refractivity (Wildman–Crippen MR) is 99.8 cm³/mol. The Balaban J connectivity index is 1.43. The normalized spacial score (nSPS) is 25.3. The molecule has 0 aliphatic carbocycles. The number of piperidine rings is 1. The predicted octanol–water partition coefficient (Wildman–Crippen LogP) is 0.489. The van der Waals surface area contributed by atoms with Crippen molar-refractivity contribution in [2.45, 2.75) is 38.4 Å². The Morgan fingerprint density at radius 1 is 1.22 bits per heavy atom. The van der Waals surface area contributed by atoms with Crippen LogP contribution in [0.15, 0.2) is 18.2 Å². The summed E-state index contributed by atoms with van der Waals surface area (Å²) in [7, 11) is 2.11. The van der Waals surface area contributed by atoms with Gasteiger partial charge in [-0.15, -0.1) is 0 Å². The lowest BCUT2D eigenvalue weighted by Crippen LogP contribution is -2.52. The van der Waals surface area contributed by atoms with Gasteiger partial charge in [-0.3, -0.25) is 19.7 Å². The van der Waals surface area contributed by atoms with Crippen LogP contribution in [-0.2, 0) is 22.7 Å². The van der Waals surface area contributed by atoms with Crippen LogP contribution >= 0.6 is 0 Å². The first-order valence-corrected chi connectivity index (χ1v) is 9.67. The quantitative estimate of drug-likeness (QED) is 0.738. The van der Waals surface area contributed by atoms with Crippen molar-refractivity contribution in [1.82, 2.24) is 20.4 Å². The van der Waals surface area contributed by atoms with Crippen molar-refractivity contribution in [2.24, 2.45) is 5.92 Å². The highest BCUT2D eigenvalue weighted by Gasteiger charge is 2.39. The van der Waals surface area contributed by atoms with E-state index < -0.39 is 6.04 Å². The largest absolute Gasteiger partial charge is 0.322 e. The van der Waals surface area contributed by atoms with E-state index in [1.165, 1.54) is 6.42 Å². The first-order chi connectivity index (χ1) is 13.0. The zero-order chi connectivity index (χ0) is 19.0. The van der Waals surface area contributed by atoms with E-state index in [9.17, 15) is 14.4 Å². The van der Waals surface area contributed by atoms with E-state index in [1.54, 1.807) is 4.90 Å². The number of carbonyl (C=O) groups excluding carboxylic acids is 3. The third kappa shape index (κ3) is 3.75. The van der Waals surface area contributed by atoms with Crippen molar-refractivity contribution in [3.63, 3.8) is 0 Å². The summed E-state index contributed by atoms with van der Waals surface area (Å²) < 4.78 is 0. The molecule has 2 fully saturated rings. The van der Waals surface area contributed by atoms with E-state index in [-0.39, 0.29) is 24.1 Å². The number of imide groups is 1. The van der Waals surface area contributed by atoms with Crippen molar-refractivity contribution < 1.29 is 14.4 Å². The van der Waals surface area contributed by atoms with Crippen molar-refractivity contribution in [2.75, 3.05) is 26.7 Å². The van der Waals surface area contributed by atoms with Crippen molar-refractivity contribution in [1.29, 1.82) is 0 Å². The van der Waals surface area contributed by atoms with E-state index >= 15 is 0 Å². The standard InChI is InChI=1S/C20H26N4O3/c1-23(11-14-6-7-21-9-14)10-13-2-3-15-12-24(20(27)16(15)8-13)17-4-5-18(25)22-19(17)26/h2-3,8,14,17,21H,4-7,9-12H2,1H3,(H,22,25,26)/t14-,17?/m0/s1. The number of nitrogens with zero attached hydrogens (tertiary/aromatic N) is 2. The summed E-state index contributed by atoms with van der Waals surface area (Å²) >= 11 is 0. The third-order valence-corrected chi connectivity index (χ3v) is 5.78. The SMILES string of the molecule is CN(Cc1ccc2c(c1)C(=O)N(C1CCC(=O)NC1=O)C2)C[C@H]1CCNC1.